The van der Waals surface area contributed by atoms with Crippen molar-refractivity contribution in [3.63, 3.8) is 0 Å². The van der Waals surface area contributed by atoms with Gasteiger partial charge in [0, 0.05) is 32.6 Å². The van der Waals surface area contributed by atoms with Gasteiger partial charge in [0.25, 0.3) is 0 Å². The molecule has 2 rings (SSSR count). The molecule has 1 heterocycles. The molecule has 0 fully saturated rings. The van der Waals surface area contributed by atoms with E-state index < -0.39 is 15.8 Å². The maximum Gasteiger partial charge on any atom is 0.247 e. The maximum absolute atomic E-state index is 13.6. The summed E-state index contributed by atoms with van der Waals surface area (Å²) in [6, 6.07) is 6.85. The molecule has 0 saturated carbocycles. The van der Waals surface area contributed by atoms with Crippen LogP contribution in [0, 0.1) is 5.82 Å². The fourth-order valence-corrected chi connectivity index (χ4v) is 3.74. The van der Waals surface area contributed by atoms with E-state index in [1.54, 1.807) is 24.5 Å². The van der Waals surface area contributed by atoms with Gasteiger partial charge < -0.3 is 9.47 Å². The number of ether oxygens (including phenoxy) is 2. The van der Waals surface area contributed by atoms with Crippen LogP contribution in [0.25, 0.3) is 0 Å². The van der Waals surface area contributed by atoms with E-state index in [-0.39, 0.29) is 30.3 Å². The molecule has 0 aliphatic heterocycles. The number of halogens is 1. The summed E-state index contributed by atoms with van der Waals surface area (Å²) in [5, 5.41) is 0. The van der Waals surface area contributed by atoms with Gasteiger partial charge in [0.15, 0.2) is 0 Å². The lowest BCUT2D eigenvalue weighted by molar-refractivity contribution is 0.177. The van der Waals surface area contributed by atoms with Gasteiger partial charge in [-0.25, -0.2) is 12.8 Å². The van der Waals surface area contributed by atoms with Crippen LogP contribution in [0.5, 0.6) is 5.75 Å². The zero-order chi connectivity index (χ0) is 17.6. The van der Waals surface area contributed by atoms with Crippen molar-refractivity contribution in [3.8, 4) is 5.75 Å². The van der Waals surface area contributed by atoms with E-state index in [2.05, 4.69) is 4.98 Å². The number of hydrogen-bond donors (Lipinski definition) is 0. The maximum atomic E-state index is 13.6. The van der Waals surface area contributed by atoms with E-state index in [9.17, 15) is 12.8 Å². The van der Waals surface area contributed by atoms with Crippen LogP contribution in [0.2, 0.25) is 0 Å². The molecule has 0 saturated heterocycles. The largest absolute Gasteiger partial charge is 0.495 e. The molecule has 0 aliphatic rings. The second-order valence-corrected chi connectivity index (χ2v) is 6.89. The highest BCUT2D eigenvalue weighted by molar-refractivity contribution is 7.89. The molecule has 0 N–H and O–H groups in total. The Labute approximate surface area is 140 Å². The van der Waals surface area contributed by atoms with Crippen LogP contribution in [0.3, 0.4) is 0 Å². The van der Waals surface area contributed by atoms with Gasteiger partial charge in [-0.05, 0) is 35.9 Å². The molecule has 0 bridgehead atoms. The summed E-state index contributed by atoms with van der Waals surface area (Å²) in [6.45, 7) is 0.455. The fraction of sp³-hybridized carbons (Fsp3) is 0.312. The summed E-state index contributed by atoms with van der Waals surface area (Å²) in [7, 11) is -1.14. The monoisotopic (exact) mass is 354 g/mol. The Kier molecular flexibility index (Phi) is 6.24. The van der Waals surface area contributed by atoms with Crippen molar-refractivity contribution < 1.29 is 22.3 Å². The summed E-state index contributed by atoms with van der Waals surface area (Å²) in [5.74, 6) is -0.557. The first kappa shape index (κ1) is 18.3. The molecule has 2 aromatic rings. The molecule has 8 heteroatoms. The number of rotatable bonds is 8. The van der Waals surface area contributed by atoms with Gasteiger partial charge in [-0.15, -0.1) is 0 Å². The Morgan fingerprint density at radius 2 is 1.88 bits per heavy atom. The van der Waals surface area contributed by atoms with Gasteiger partial charge in [-0.1, -0.05) is 0 Å². The van der Waals surface area contributed by atoms with E-state index >= 15 is 0 Å². The van der Waals surface area contributed by atoms with E-state index in [0.717, 1.165) is 17.7 Å². The average Bonchev–Trinajstić information content (AvgIpc) is 2.59. The van der Waals surface area contributed by atoms with Crippen LogP contribution in [0.4, 0.5) is 4.39 Å². The molecule has 0 aliphatic carbocycles. The molecule has 1 aromatic carbocycles. The van der Waals surface area contributed by atoms with E-state index in [4.69, 9.17) is 9.47 Å². The van der Waals surface area contributed by atoms with Gasteiger partial charge in [0.05, 0.1) is 13.7 Å². The summed E-state index contributed by atoms with van der Waals surface area (Å²) < 4.78 is 50.9. The summed E-state index contributed by atoms with van der Waals surface area (Å²) in [6.07, 6.45) is 3.17. The number of sulfonamides is 1. The lowest BCUT2D eigenvalue weighted by atomic mass is 10.3. The third-order valence-corrected chi connectivity index (χ3v) is 5.26. The Balaban J connectivity index is 2.41. The highest BCUT2D eigenvalue weighted by atomic mass is 32.2. The number of aromatic nitrogens is 1. The minimum absolute atomic E-state index is 0.0912. The number of benzene rings is 1. The third kappa shape index (κ3) is 4.28. The molecule has 0 radical (unpaired) electrons. The lowest BCUT2D eigenvalue weighted by Crippen LogP contribution is -2.33. The number of nitrogens with zero attached hydrogens (tertiary/aromatic N) is 2. The number of methoxy groups -OCH3 is 2. The van der Waals surface area contributed by atoms with Gasteiger partial charge in [0.2, 0.25) is 10.0 Å². The molecule has 0 atom stereocenters. The first-order valence-corrected chi connectivity index (χ1v) is 8.64. The number of hydrogen-bond acceptors (Lipinski definition) is 5. The van der Waals surface area contributed by atoms with Crippen molar-refractivity contribution in [1.82, 2.24) is 9.29 Å². The Hall–Kier alpha value is -2.03. The zero-order valence-corrected chi connectivity index (χ0v) is 14.3. The van der Waals surface area contributed by atoms with Gasteiger partial charge in [-0.2, -0.15) is 4.31 Å². The van der Waals surface area contributed by atoms with Crippen LogP contribution in [-0.2, 0) is 21.3 Å². The van der Waals surface area contributed by atoms with Crippen LogP contribution in [0.15, 0.2) is 47.6 Å². The van der Waals surface area contributed by atoms with Crippen molar-refractivity contribution in [2.24, 2.45) is 0 Å². The topological polar surface area (TPSA) is 68.7 Å². The average molecular weight is 354 g/mol. The lowest BCUT2D eigenvalue weighted by Gasteiger charge is -2.23. The molecule has 0 spiro atoms. The summed E-state index contributed by atoms with van der Waals surface area (Å²) in [4.78, 5) is 3.70. The first-order chi connectivity index (χ1) is 11.5. The second-order valence-electron chi connectivity index (χ2n) is 4.98. The first-order valence-electron chi connectivity index (χ1n) is 7.20. The molecule has 130 valence electrons. The fourth-order valence-electron chi connectivity index (χ4n) is 2.16. The predicted molar refractivity (Wildman–Crippen MR) is 86.7 cm³/mol. The van der Waals surface area contributed by atoms with Crippen LogP contribution < -0.4 is 4.74 Å². The third-order valence-electron chi connectivity index (χ3n) is 3.40. The van der Waals surface area contributed by atoms with Crippen molar-refractivity contribution in [1.29, 1.82) is 0 Å². The molecular weight excluding hydrogens is 335 g/mol. The second kappa shape index (κ2) is 8.18. The Morgan fingerprint density at radius 3 is 2.50 bits per heavy atom. The molecule has 0 amide bonds. The standard InChI is InChI=1S/C16H19FN2O4S/c1-22-10-9-19(12-13-5-7-18-8-6-13)24(20,21)16-11-14(17)3-4-15(16)23-2/h3-8,11H,9-10,12H2,1-2H3. The molecule has 6 nitrogen and oxygen atoms in total. The molecule has 1 aromatic heterocycles. The molecule has 0 unspecified atom stereocenters. The predicted octanol–water partition coefficient (Wildman–Crippen LogP) is 2.07. The smallest absolute Gasteiger partial charge is 0.247 e. The Morgan fingerprint density at radius 1 is 1.17 bits per heavy atom. The highest BCUT2D eigenvalue weighted by Crippen LogP contribution is 2.28. The van der Waals surface area contributed by atoms with E-state index in [1.165, 1.54) is 24.6 Å². The normalized spacial score (nSPS) is 11.7. The van der Waals surface area contributed by atoms with Crippen molar-refractivity contribution in [2.75, 3.05) is 27.4 Å². The van der Waals surface area contributed by atoms with E-state index in [1.807, 2.05) is 0 Å². The molecular formula is C16H19FN2O4S. The van der Waals surface area contributed by atoms with Crippen molar-refractivity contribution in [3.05, 3.63) is 54.1 Å². The SMILES string of the molecule is COCCN(Cc1ccncc1)S(=O)(=O)c1cc(F)ccc1OC. The quantitative estimate of drug-likeness (QED) is 0.726. The van der Waals surface area contributed by atoms with E-state index in [0.29, 0.717) is 0 Å². The summed E-state index contributed by atoms with van der Waals surface area (Å²) >= 11 is 0. The highest BCUT2D eigenvalue weighted by Gasteiger charge is 2.28. The van der Waals surface area contributed by atoms with Crippen molar-refractivity contribution >= 4 is 10.0 Å². The minimum Gasteiger partial charge on any atom is -0.495 e. The van der Waals surface area contributed by atoms with Gasteiger partial charge >= 0.3 is 0 Å². The van der Waals surface area contributed by atoms with Gasteiger partial charge in [-0.3, -0.25) is 4.98 Å². The van der Waals surface area contributed by atoms with Crippen LogP contribution in [-0.4, -0.2) is 45.1 Å². The Bertz CT molecular complexity index is 769. The van der Waals surface area contributed by atoms with Crippen LogP contribution >= 0.6 is 0 Å². The summed E-state index contributed by atoms with van der Waals surface area (Å²) in [5.41, 5.74) is 0.764. The number of pyridine rings is 1. The minimum atomic E-state index is -3.97. The van der Waals surface area contributed by atoms with Gasteiger partial charge in [0.1, 0.15) is 16.5 Å². The van der Waals surface area contributed by atoms with Crippen LogP contribution in [0.1, 0.15) is 5.56 Å². The zero-order valence-electron chi connectivity index (χ0n) is 13.5. The molecule has 24 heavy (non-hydrogen) atoms. The van der Waals surface area contributed by atoms with Crippen molar-refractivity contribution in [2.45, 2.75) is 11.4 Å².